The Labute approximate surface area is 200 Å². The number of carbonyl (C=O) groups is 1. The largest absolute Gasteiger partial charge is 0.329 e. The number of nitrogens with zero attached hydrogens (tertiary/aromatic N) is 3. The van der Waals surface area contributed by atoms with Crippen LogP contribution in [0.15, 0.2) is 67.0 Å². The quantitative estimate of drug-likeness (QED) is 0.497. The maximum atomic E-state index is 12.7. The second kappa shape index (κ2) is 11.9. The zero-order valence-corrected chi connectivity index (χ0v) is 19.8. The van der Waals surface area contributed by atoms with Gasteiger partial charge in [-0.1, -0.05) is 36.4 Å². The molecule has 1 unspecified atom stereocenters. The van der Waals surface area contributed by atoms with Crippen molar-refractivity contribution in [1.29, 1.82) is 0 Å². The summed E-state index contributed by atoms with van der Waals surface area (Å²) in [5.41, 5.74) is 11.3. The van der Waals surface area contributed by atoms with Gasteiger partial charge in [-0.25, -0.2) is 0 Å². The summed E-state index contributed by atoms with van der Waals surface area (Å²) in [7, 11) is 0. The lowest BCUT2D eigenvalue weighted by molar-refractivity contribution is -0.133. The van der Waals surface area contributed by atoms with Crippen LogP contribution in [0.5, 0.6) is 0 Å². The molecule has 0 spiro atoms. The number of aryl methyl sites for hydroxylation is 1. The van der Waals surface area contributed by atoms with Gasteiger partial charge >= 0.3 is 0 Å². The highest BCUT2D eigenvalue weighted by Crippen LogP contribution is 2.33. The van der Waals surface area contributed by atoms with Crippen LogP contribution in [0.4, 0.5) is 0 Å². The molecule has 1 amide bonds. The predicted octanol–water partition coefficient (Wildman–Crippen LogP) is 3.71. The molecule has 1 aliphatic rings. The lowest BCUT2D eigenvalue weighted by Crippen LogP contribution is -2.40. The van der Waals surface area contributed by atoms with Crippen molar-refractivity contribution >= 4 is 22.9 Å². The van der Waals surface area contributed by atoms with Crippen molar-refractivity contribution in [3.8, 4) is 0 Å². The van der Waals surface area contributed by atoms with E-state index in [9.17, 15) is 4.79 Å². The van der Waals surface area contributed by atoms with Gasteiger partial charge in [0.15, 0.2) is 0 Å². The number of benzene rings is 1. The number of nitrogens with one attached hydrogen (secondary N) is 1. The molecule has 1 atom stereocenters. The molecule has 6 nitrogen and oxygen atoms in total. The highest BCUT2D eigenvalue weighted by Gasteiger charge is 2.29. The highest BCUT2D eigenvalue weighted by molar-refractivity contribution is 8.93. The summed E-state index contributed by atoms with van der Waals surface area (Å²) in [6.07, 6.45) is 6.61. The van der Waals surface area contributed by atoms with Crippen molar-refractivity contribution in [2.24, 2.45) is 5.73 Å². The van der Waals surface area contributed by atoms with Crippen LogP contribution in [0.1, 0.15) is 47.0 Å². The van der Waals surface area contributed by atoms with Crippen LogP contribution in [0.2, 0.25) is 0 Å². The lowest BCUT2D eigenvalue weighted by atomic mass is 9.90. The average molecular weight is 496 g/mol. The summed E-state index contributed by atoms with van der Waals surface area (Å²) in [4.78, 5) is 23.6. The Morgan fingerprint density at radius 1 is 1.00 bits per heavy atom. The number of nitrogens with two attached hydrogens (primary N) is 1. The number of pyridine rings is 2. The van der Waals surface area contributed by atoms with E-state index in [2.05, 4.69) is 45.6 Å². The van der Waals surface area contributed by atoms with E-state index < -0.39 is 0 Å². The van der Waals surface area contributed by atoms with Crippen molar-refractivity contribution in [2.75, 3.05) is 6.54 Å². The minimum atomic E-state index is -0.0374. The van der Waals surface area contributed by atoms with Crippen LogP contribution >= 0.6 is 17.0 Å². The number of hydrogen-bond donors (Lipinski definition) is 2. The molecular formula is C25H30BrN5O. The van der Waals surface area contributed by atoms with E-state index in [1.807, 2.05) is 35.4 Å². The van der Waals surface area contributed by atoms with Crippen LogP contribution < -0.4 is 11.1 Å². The van der Waals surface area contributed by atoms with Gasteiger partial charge in [0.05, 0.1) is 24.0 Å². The number of fused-ring (bicyclic) bond motifs is 1. The number of aromatic nitrogens is 2. The third-order valence-corrected chi connectivity index (χ3v) is 5.77. The summed E-state index contributed by atoms with van der Waals surface area (Å²) < 4.78 is 0. The molecule has 0 aliphatic heterocycles. The maximum Gasteiger partial charge on any atom is 0.237 e. The predicted molar refractivity (Wildman–Crippen MR) is 131 cm³/mol. The molecule has 3 N–H and O–H groups in total. The molecule has 168 valence electrons. The van der Waals surface area contributed by atoms with E-state index in [0.29, 0.717) is 6.54 Å². The van der Waals surface area contributed by atoms with E-state index in [-0.39, 0.29) is 35.5 Å². The Morgan fingerprint density at radius 3 is 2.53 bits per heavy atom. The molecule has 1 aromatic carbocycles. The van der Waals surface area contributed by atoms with Crippen molar-refractivity contribution in [3.63, 3.8) is 0 Å². The fourth-order valence-corrected chi connectivity index (χ4v) is 4.17. The molecule has 2 aromatic heterocycles. The Kier molecular flexibility index (Phi) is 8.90. The van der Waals surface area contributed by atoms with Gasteiger partial charge in [-0.2, -0.15) is 0 Å². The Bertz CT molecular complexity index is 997. The fourth-order valence-electron chi connectivity index (χ4n) is 4.17. The standard InChI is InChI=1S/C25H29N5O.BrH/c26-15-24(31)30(23-8-3-5-21-6-4-14-29-25(21)23)18-20-11-9-19(10-12-20)16-27-17-22-7-1-2-13-28-22;/h1-2,4,6-7,9-14,23,27H,3,5,8,15-18,26H2;1H. The Hall–Kier alpha value is -2.61. The smallest absolute Gasteiger partial charge is 0.237 e. The zero-order chi connectivity index (χ0) is 21.5. The molecule has 1 aliphatic carbocycles. The van der Waals surface area contributed by atoms with Crippen LogP contribution in [0, 0.1) is 0 Å². The van der Waals surface area contributed by atoms with Gasteiger partial charge in [0.2, 0.25) is 5.91 Å². The molecular weight excluding hydrogens is 466 g/mol. The Balaban J connectivity index is 0.00000289. The first-order valence-electron chi connectivity index (χ1n) is 10.9. The van der Waals surface area contributed by atoms with Gasteiger partial charge in [-0.3, -0.25) is 14.8 Å². The van der Waals surface area contributed by atoms with Gasteiger partial charge in [0, 0.05) is 32.0 Å². The van der Waals surface area contributed by atoms with Gasteiger partial charge in [0.1, 0.15) is 0 Å². The topological polar surface area (TPSA) is 84.1 Å². The third-order valence-electron chi connectivity index (χ3n) is 5.77. The maximum absolute atomic E-state index is 12.7. The first-order valence-corrected chi connectivity index (χ1v) is 10.9. The second-order valence-electron chi connectivity index (χ2n) is 7.92. The van der Waals surface area contributed by atoms with Gasteiger partial charge in [0.25, 0.3) is 0 Å². The fraction of sp³-hybridized carbons (Fsp3) is 0.320. The summed E-state index contributed by atoms with van der Waals surface area (Å²) >= 11 is 0. The summed E-state index contributed by atoms with van der Waals surface area (Å²) in [5.74, 6) is -0.0374. The van der Waals surface area contributed by atoms with E-state index in [4.69, 9.17) is 5.73 Å². The molecule has 0 bridgehead atoms. The van der Waals surface area contributed by atoms with Crippen LogP contribution in [-0.2, 0) is 30.8 Å². The van der Waals surface area contributed by atoms with Gasteiger partial charge < -0.3 is 16.0 Å². The van der Waals surface area contributed by atoms with E-state index in [0.717, 1.165) is 49.3 Å². The minimum Gasteiger partial charge on any atom is -0.329 e. The molecule has 32 heavy (non-hydrogen) atoms. The van der Waals surface area contributed by atoms with Crippen molar-refractivity contribution in [3.05, 3.63) is 95.1 Å². The first kappa shape index (κ1) is 24.0. The average Bonchev–Trinajstić information content (AvgIpc) is 2.83. The number of rotatable bonds is 8. The third kappa shape index (κ3) is 6.00. The monoisotopic (exact) mass is 495 g/mol. The Morgan fingerprint density at radius 2 is 1.78 bits per heavy atom. The molecule has 4 rings (SSSR count). The van der Waals surface area contributed by atoms with Crippen molar-refractivity contribution in [2.45, 2.75) is 44.9 Å². The summed E-state index contributed by atoms with van der Waals surface area (Å²) in [6, 6.07) is 18.4. The minimum absolute atomic E-state index is 0. The van der Waals surface area contributed by atoms with Gasteiger partial charge in [-0.05, 0) is 54.2 Å². The number of hydrogen-bond acceptors (Lipinski definition) is 5. The molecule has 0 saturated heterocycles. The summed E-state index contributed by atoms with van der Waals surface area (Å²) in [5, 5.41) is 3.42. The molecule has 0 fully saturated rings. The normalized spacial score (nSPS) is 14.8. The number of amides is 1. The number of halogens is 1. The van der Waals surface area contributed by atoms with Crippen molar-refractivity contribution < 1.29 is 4.79 Å². The van der Waals surface area contributed by atoms with Gasteiger partial charge in [-0.15, -0.1) is 17.0 Å². The second-order valence-corrected chi connectivity index (χ2v) is 7.92. The van der Waals surface area contributed by atoms with E-state index in [1.54, 1.807) is 6.20 Å². The first-order chi connectivity index (χ1) is 15.2. The lowest BCUT2D eigenvalue weighted by Gasteiger charge is -2.35. The number of carbonyl (C=O) groups excluding carboxylic acids is 1. The SMILES string of the molecule is Br.NCC(=O)N(Cc1ccc(CNCc2ccccn2)cc1)C1CCCc2cccnc21. The van der Waals surface area contributed by atoms with Crippen LogP contribution in [0.3, 0.4) is 0 Å². The molecule has 3 aromatic rings. The molecule has 7 heteroatoms. The molecule has 0 radical (unpaired) electrons. The van der Waals surface area contributed by atoms with Crippen LogP contribution in [0.25, 0.3) is 0 Å². The van der Waals surface area contributed by atoms with Crippen molar-refractivity contribution in [1.82, 2.24) is 20.2 Å². The molecule has 0 saturated carbocycles. The van der Waals surface area contributed by atoms with E-state index >= 15 is 0 Å². The van der Waals surface area contributed by atoms with E-state index in [1.165, 1.54) is 11.1 Å². The summed E-state index contributed by atoms with van der Waals surface area (Å²) in [6.45, 7) is 2.05. The highest BCUT2D eigenvalue weighted by atomic mass is 79.9. The van der Waals surface area contributed by atoms with Crippen LogP contribution in [-0.4, -0.2) is 27.3 Å². The zero-order valence-electron chi connectivity index (χ0n) is 18.1. The molecule has 2 heterocycles.